The maximum Gasteiger partial charge on any atom is 0.353 e. The molecule has 0 aliphatic carbocycles. The van der Waals surface area contributed by atoms with Crippen LogP contribution in [0.15, 0.2) is 54.9 Å². The number of nitro groups is 1. The Kier molecular flexibility index (Phi) is 7.47. The first-order valence-electron chi connectivity index (χ1n) is 10.0. The van der Waals surface area contributed by atoms with Gasteiger partial charge >= 0.3 is 17.6 Å². The van der Waals surface area contributed by atoms with E-state index >= 15 is 0 Å². The van der Waals surface area contributed by atoms with Crippen molar-refractivity contribution in [1.29, 1.82) is 0 Å². The number of esters is 2. The molecule has 33 heavy (non-hydrogen) atoms. The zero-order valence-electron chi connectivity index (χ0n) is 17.9. The average Bonchev–Trinajstić information content (AvgIpc) is 2.80. The second kappa shape index (κ2) is 10.7. The Morgan fingerprint density at radius 1 is 0.879 bits per heavy atom. The monoisotopic (exact) mass is 451 g/mol. The summed E-state index contributed by atoms with van der Waals surface area (Å²) in [4.78, 5) is 43.1. The van der Waals surface area contributed by atoms with Crippen LogP contribution in [0, 0.1) is 10.1 Å². The number of hydrogen-bond donors (Lipinski definition) is 2. The third-order valence-electron chi connectivity index (χ3n) is 4.28. The van der Waals surface area contributed by atoms with E-state index in [9.17, 15) is 19.7 Å². The zero-order valence-corrected chi connectivity index (χ0v) is 17.9. The standard InChI is InChI=1S/C22H21N5O6/c1-3-32-21(28)14-7-5-9-16(11-14)25-19-18(27(30)31)20(24-13-23-19)26-17-10-6-8-15(12-17)22(29)33-4-2/h5-13H,3-4H2,1-2H3,(H2,23,24,25,26). The quantitative estimate of drug-likeness (QED) is 0.275. The van der Waals surface area contributed by atoms with E-state index in [4.69, 9.17) is 9.47 Å². The molecule has 0 atom stereocenters. The molecule has 0 saturated heterocycles. The maximum atomic E-state index is 12.0. The van der Waals surface area contributed by atoms with Crippen molar-refractivity contribution in [2.24, 2.45) is 0 Å². The van der Waals surface area contributed by atoms with E-state index in [1.807, 2.05) is 0 Å². The summed E-state index contributed by atoms with van der Waals surface area (Å²) in [5.74, 6) is -1.19. The second-order valence-electron chi connectivity index (χ2n) is 6.53. The van der Waals surface area contributed by atoms with Crippen LogP contribution in [0.4, 0.5) is 28.7 Å². The summed E-state index contributed by atoms with van der Waals surface area (Å²) >= 11 is 0. The lowest BCUT2D eigenvalue weighted by Crippen LogP contribution is -2.08. The van der Waals surface area contributed by atoms with Crippen LogP contribution >= 0.6 is 0 Å². The van der Waals surface area contributed by atoms with Crippen LogP contribution in [0.1, 0.15) is 34.6 Å². The van der Waals surface area contributed by atoms with Crippen LogP contribution in [0.2, 0.25) is 0 Å². The van der Waals surface area contributed by atoms with Gasteiger partial charge in [0.1, 0.15) is 6.33 Å². The Morgan fingerprint density at radius 3 is 1.73 bits per heavy atom. The minimum Gasteiger partial charge on any atom is -0.462 e. The van der Waals surface area contributed by atoms with Crippen LogP contribution in [-0.4, -0.2) is 40.0 Å². The third-order valence-corrected chi connectivity index (χ3v) is 4.28. The highest BCUT2D eigenvalue weighted by molar-refractivity contribution is 5.92. The summed E-state index contributed by atoms with van der Waals surface area (Å²) in [5.41, 5.74) is 0.955. The van der Waals surface area contributed by atoms with E-state index in [0.717, 1.165) is 6.33 Å². The van der Waals surface area contributed by atoms with Gasteiger partial charge < -0.3 is 20.1 Å². The summed E-state index contributed by atoms with van der Waals surface area (Å²) in [5, 5.41) is 17.5. The Balaban J connectivity index is 1.91. The predicted octanol–water partition coefficient (Wildman–Crippen LogP) is 4.23. The number of hydrogen-bond acceptors (Lipinski definition) is 10. The van der Waals surface area contributed by atoms with Crippen molar-refractivity contribution in [3.8, 4) is 0 Å². The highest BCUT2D eigenvalue weighted by atomic mass is 16.6. The van der Waals surface area contributed by atoms with E-state index in [1.54, 1.807) is 50.2 Å². The molecule has 1 aromatic heterocycles. The van der Waals surface area contributed by atoms with Gasteiger partial charge in [0.25, 0.3) is 0 Å². The molecule has 1 heterocycles. The molecule has 2 N–H and O–H groups in total. The van der Waals surface area contributed by atoms with Gasteiger partial charge in [0.15, 0.2) is 0 Å². The van der Waals surface area contributed by atoms with Gasteiger partial charge in [-0.05, 0) is 50.2 Å². The van der Waals surface area contributed by atoms with Gasteiger partial charge in [0.05, 0.1) is 29.3 Å². The molecule has 3 rings (SSSR count). The Hall–Kier alpha value is -4.54. The van der Waals surface area contributed by atoms with Gasteiger partial charge in [-0.3, -0.25) is 10.1 Å². The number of ether oxygens (including phenoxy) is 2. The predicted molar refractivity (Wildman–Crippen MR) is 120 cm³/mol. The van der Waals surface area contributed by atoms with Gasteiger partial charge in [-0.15, -0.1) is 0 Å². The van der Waals surface area contributed by atoms with Gasteiger partial charge in [-0.2, -0.15) is 0 Å². The Bertz CT molecular complexity index is 1100. The minimum atomic E-state index is -0.630. The molecular weight excluding hydrogens is 430 g/mol. The van der Waals surface area contributed by atoms with Crippen molar-refractivity contribution < 1.29 is 24.0 Å². The van der Waals surface area contributed by atoms with E-state index in [1.165, 1.54) is 12.1 Å². The lowest BCUT2D eigenvalue weighted by molar-refractivity contribution is -0.383. The number of carbonyl (C=O) groups is 2. The smallest absolute Gasteiger partial charge is 0.353 e. The fourth-order valence-electron chi connectivity index (χ4n) is 2.88. The lowest BCUT2D eigenvalue weighted by atomic mass is 10.2. The van der Waals surface area contributed by atoms with Crippen molar-refractivity contribution in [3.05, 3.63) is 76.1 Å². The summed E-state index contributed by atoms with van der Waals surface area (Å²) in [6.07, 6.45) is 1.15. The maximum absolute atomic E-state index is 12.0. The molecule has 0 aliphatic rings. The first-order valence-corrected chi connectivity index (χ1v) is 10.0. The molecule has 2 aromatic carbocycles. The number of nitrogens with one attached hydrogen (secondary N) is 2. The van der Waals surface area contributed by atoms with Crippen LogP contribution in [0.3, 0.4) is 0 Å². The first-order chi connectivity index (χ1) is 15.9. The van der Waals surface area contributed by atoms with Crippen LogP contribution in [-0.2, 0) is 9.47 Å². The number of aromatic nitrogens is 2. The number of benzene rings is 2. The fourth-order valence-corrected chi connectivity index (χ4v) is 2.88. The van der Waals surface area contributed by atoms with E-state index in [0.29, 0.717) is 11.4 Å². The molecule has 0 unspecified atom stereocenters. The lowest BCUT2D eigenvalue weighted by Gasteiger charge is -2.11. The van der Waals surface area contributed by atoms with Gasteiger partial charge in [0, 0.05) is 11.4 Å². The van der Waals surface area contributed by atoms with E-state index in [2.05, 4.69) is 20.6 Å². The van der Waals surface area contributed by atoms with E-state index in [-0.39, 0.29) is 36.0 Å². The summed E-state index contributed by atoms with van der Waals surface area (Å²) in [6.45, 7) is 3.84. The molecule has 0 fully saturated rings. The van der Waals surface area contributed by atoms with Crippen molar-refractivity contribution in [2.75, 3.05) is 23.8 Å². The first kappa shape index (κ1) is 23.1. The SMILES string of the molecule is CCOC(=O)c1cccc(Nc2ncnc(Nc3cccc(C(=O)OCC)c3)c2[N+](=O)[O-])c1. The molecule has 0 aliphatic heterocycles. The number of nitrogens with zero attached hydrogens (tertiary/aromatic N) is 3. The highest BCUT2D eigenvalue weighted by Crippen LogP contribution is 2.33. The molecule has 0 radical (unpaired) electrons. The Morgan fingerprint density at radius 2 is 1.33 bits per heavy atom. The molecule has 0 amide bonds. The Labute approximate surface area is 188 Å². The van der Waals surface area contributed by atoms with Crippen LogP contribution in [0.5, 0.6) is 0 Å². The van der Waals surface area contributed by atoms with Crippen molar-refractivity contribution in [2.45, 2.75) is 13.8 Å². The number of anilines is 4. The summed E-state index contributed by atoms with van der Waals surface area (Å²) in [6, 6.07) is 12.6. The van der Waals surface area contributed by atoms with Gasteiger partial charge in [-0.25, -0.2) is 19.6 Å². The van der Waals surface area contributed by atoms with Crippen LogP contribution < -0.4 is 10.6 Å². The molecule has 0 bridgehead atoms. The third kappa shape index (κ3) is 5.79. The average molecular weight is 451 g/mol. The molecule has 11 heteroatoms. The second-order valence-corrected chi connectivity index (χ2v) is 6.53. The van der Waals surface area contributed by atoms with Gasteiger partial charge in [0.2, 0.25) is 11.6 Å². The number of carbonyl (C=O) groups excluding carboxylic acids is 2. The molecule has 11 nitrogen and oxygen atoms in total. The molecule has 0 saturated carbocycles. The molecule has 170 valence electrons. The zero-order chi connectivity index (χ0) is 23.8. The summed E-state index contributed by atoms with van der Waals surface area (Å²) < 4.78 is 9.96. The van der Waals surface area contributed by atoms with Crippen molar-refractivity contribution in [3.63, 3.8) is 0 Å². The minimum absolute atomic E-state index is 0.0833. The van der Waals surface area contributed by atoms with Crippen molar-refractivity contribution >= 4 is 40.6 Å². The molecular formula is C22H21N5O6. The number of rotatable bonds is 9. The highest BCUT2D eigenvalue weighted by Gasteiger charge is 2.24. The van der Waals surface area contributed by atoms with Gasteiger partial charge in [-0.1, -0.05) is 12.1 Å². The molecule has 0 spiro atoms. The summed E-state index contributed by atoms with van der Waals surface area (Å²) in [7, 11) is 0. The van der Waals surface area contributed by atoms with Crippen LogP contribution in [0.25, 0.3) is 0 Å². The topological polar surface area (TPSA) is 146 Å². The normalized spacial score (nSPS) is 10.2. The van der Waals surface area contributed by atoms with Crippen molar-refractivity contribution in [1.82, 2.24) is 9.97 Å². The van der Waals surface area contributed by atoms with E-state index < -0.39 is 22.5 Å². The fraction of sp³-hybridized carbons (Fsp3) is 0.182. The largest absolute Gasteiger partial charge is 0.462 e. The molecule has 3 aromatic rings.